The number of nitrogens with zero attached hydrogens (tertiary/aromatic N) is 4. The van der Waals surface area contributed by atoms with Gasteiger partial charge in [0.15, 0.2) is 5.52 Å². The summed E-state index contributed by atoms with van der Waals surface area (Å²) in [4.78, 5) is 12.5. The molecule has 130 valence electrons. The van der Waals surface area contributed by atoms with Crippen LogP contribution in [0.3, 0.4) is 0 Å². The Hall–Kier alpha value is -2.35. The van der Waals surface area contributed by atoms with Crippen LogP contribution in [-0.4, -0.2) is 26.0 Å². The van der Waals surface area contributed by atoms with E-state index in [0.717, 1.165) is 4.68 Å². The molecule has 1 aliphatic carbocycles. The molecular formula is C16H12ClF3N4O. The van der Waals surface area contributed by atoms with E-state index in [4.69, 9.17) is 11.6 Å². The first-order valence-electron chi connectivity index (χ1n) is 7.62. The van der Waals surface area contributed by atoms with Crippen LogP contribution in [0.25, 0.3) is 10.9 Å². The average Bonchev–Trinajstić information content (AvgIpc) is 3.31. The largest absolute Gasteiger partial charge is 0.295 e. The van der Waals surface area contributed by atoms with E-state index in [-0.39, 0.29) is 23.6 Å². The molecule has 5 nitrogen and oxygen atoms in total. The highest BCUT2D eigenvalue weighted by atomic mass is 35.5. The maximum absolute atomic E-state index is 13.8. The van der Waals surface area contributed by atoms with Crippen LogP contribution in [-0.2, 0) is 6.54 Å². The molecule has 0 spiro atoms. The Balaban J connectivity index is 1.74. The Kier molecular flexibility index (Phi) is 3.79. The molecule has 2 aromatic heterocycles. The monoisotopic (exact) mass is 368 g/mol. The van der Waals surface area contributed by atoms with Gasteiger partial charge in [-0.15, -0.1) is 0 Å². The minimum atomic E-state index is -2.49. The molecule has 1 saturated carbocycles. The summed E-state index contributed by atoms with van der Waals surface area (Å²) in [5.41, 5.74) is -0.165. The van der Waals surface area contributed by atoms with Gasteiger partial charge in [-0.25, -0.2) is 22.5 Å². The zero-order valence-corrected chi connectivity index (χ0v) is 13.5. The Morgan fingerprint density at radius 2 is 2.08 bits per heavy atom. The van der Waals surface area contributed by atoms with Crippen molar-refractivity contribution in [1.29, 1.82) is 0 Å². The van der Waals surface area contributed by atoms with Crippen LogP contribution in [0, 0.1) is 11.7 Å². The minimum Gasteiger partial charge on any atom is -0.265 e. The van der Waals surface area contributed by atoms with Gasteiger partial charge in [-0.1, -0.05) is 29.8 Å². The van der Waals surface area contributed by atoms with Gasteiger partial charge in [0.25, 0.3) is 5.56 Å². The number of fused-ring (bicyclic) bond motifs is 1. The fourth-order valence-corrected chi connectivity index (χ4v) is 3.13. The van der Waals surface area contributed by atoms with Crippen LogP contribution in [0.4, 0.5) is 13.2 Å². The zero-order chi connectivity index (χ0) is 17.7. The first-order chi connectivity index (χ1) is 12.0. The number of aromatic nitrogens is 4. The van der Waals surface area contributed by atoms with E-state index >= 15 is 0 Å². The van der Waals surface area contributed by atoms with Gasteiger partial charge in [0, 0.05) is 11.5 Å². The molecule has 25 heavy (non-hydrogen) atoms. The molecule has 9 heteroatoms. The fraction of sp³-hybridized carbons (Fsp3) is 0.312. The van der Waals surface area contributed by atoms with Gasteiger partial charge >= 0.3 is 0 Å². The van der Waals surface area contributed by atoms with Crippen LogP contribution in [0.2, 0.25) is 5.15 Å². The maximum Gasteiger partial charge on any atom is 0.295 e. The Morgan fingerprint density at radius 3 is 2.76 bits per heavy atom. The van der Waals surface area contributed by atoms with E-state index in [2.05, 4.69) is 10.2 Å². The Morgan fingerprint density at radius 1 is 1.32 bits per heavy atom. The van der Waals surface area contributed by atoms with Gasteiger partial charge in [0.2, 0.25) is 6.43 Å². The summed E-state index contributed by atoms with van der Waals surface area (Å²) >= 11 is 6.23. The molecule has 0 amide bonds. The van der Waals surface area contributed by atoms with Crippen LogP contribution < -0.4 is 5.56 Å². The van der Waals surface area contributed by atoms with Crippen LogP contribution >= 0.6 is 11.6 Å². The lowest BCUT2D eigenvalue weighted by Gasteiger charge is -2.04. The third kappa shape index (κ3) is 2.70. The van der Waals surface area contributed by atoms with Gasteiger partial charge in [-0.05, 0) is 12.5 Å². The minimum absolute atomic E-state index is 0.0382. The Labute approximate surface area is 144 Å². The summed E-state index contributed by atoms with van der Waals surface area (Å²) in [6.07, 6.45) is -0.943. The predicted molar refractivity (Wildman–Crippen MR) is 85.4 cm³/mol. The normalized spacial score (nSPS) is 19.7. The van der Waals surface area contributed by atoms with Crippen molar-refractivity contribution in [2.24, 2.45) is 5.92 Å². The second-order valence-electron chi connectivity index (χ2n) is 6.00. The molecule has 2 heterocycles. The van der Waals surface area contributed by atoms with Crippen molar-refractivity contribution in [2.75, 3.05) is 0 Å². The van der Waals surface area contributed by atoms with E-state index in [0.29, 0.717) is 10.9 Å². The number of hydrogen-bond acceptors (Lipinski definition) is 3. The molecule has 2 atom stereocenters. The van der Waals surface area contributed by atoms with Crippen LogP contribution in [0.1, 0.15) is 18.0 Å². The van der Waals surface area contributed by atoms with Gasteiger partial charge in [-0.2, -0.15) is 10.2 Å². The summed E-state index contributed by atoms with van der Waals surface area (Å²) in [6, 6.07) is 5.54. The molecule has 3 aromatic rings. The van der Waals surface area contributed by atoms with Gasteiger partial charge < -0.3 is 0 Å². The smallest absolute Gasteiger partial charge is 0.265 e. The molecule has 4 rings (SSSR count). The molecule has 1 fully saturated rings. The number of hydrogen-bond donors (Lipinski definition) is 0. The van der Waals surface area contributed by atoms with E-state index in [1.165, 1.54) is 16.9 Å². The fourth-order valence-electron chi connectivity index (χ4n) is 2.89. The topological polar surface area (TPSA) is 52.7 Å². The molecule has 0 bridgehead atoms. The summed E-state index contributed by atoms with van der Waals surface area (Å²) < 4.78 is 41.6. The molecule has 1 aliphatic rings. The summed E-state index contributed by atoms with van der Waals surface area (Å²) in [5, 5.41) is 8.57. The molecule has 0 saturated heterocycles. The lowest BCUT2D eigenvalue weighted by Crippen LogP contribution is -2.23. The van der Waals surface area contributed by atoms with Gasteiger partial charge in [0.05, 0.1) is 24.2 Å². The summed E-state index contributed by atoms with van der Waals surface area (Å²) in [7, 11) is 0. The second kappa shape index (κ2) is 5.87. The van der Waals surface area contributed by atoms with Gasteiger partial charge in [0.1, 0.15) is 11.0 Å². The van der Waals surface area contributed by atoms with Crippen molar-refractivity contribution in [3.8, 4) is 0 Å². The van der Waals surface area contributed by atoms with Crippen LogP contribution in [0.5, 0.6) is 0 Å². The van der Waals surface area contributed by atoms with Crippen molar-refractivity contribution in [2.45, 2.75) is 25.4 Å². The SMILES string of the molecule is O=c1c2nn(Cc3ccccc3F)c(Cl)c2cnn1[C@H]1C[C@@H]1C(F)F. The molecule has 0 N–H and O–H groups in total. The van der Waals surface area contributed by atoms with Gasteiger partial charge in [-0.3, -0.25) is 4.79 Å². The number of rotatable bonds is 4. The van der Waals surface area contributed by atoms with Crippen molar-refractivity contribution in [1.82, 2.24) is 19.6 Å². The van der Waals surface area contributed by atoms with E-state index in [1.807, 2.05) is 0 Å². The highest BCUT2D eigenvalue weighted by Crippen LogP contribution is 2.46. The van der Waals surface area contributed by atoms with Crippen molar-refractivity contribution >= 4 is 22.5 Å². The second-order valence-corrected chi connectivity index (χ2v) is 6.36. The quantitative estimate of drug-likeness (QED) is 0.710. The first-order valence-corrected chi connectivity index (χ1v) is 8.00. The standard InChI is InChI=1S/C16H12ClF3N4O/c17-14-10-6-21-24(12-5-9(12)15(19)20)16(25)13(10)22-23(14)7-8-3-1-2-4-11(8)18/h1-4,6,9,12,15H,5,7H2/t9-,12-/m0/s1. The van der Waals surface area contributed by atoms with Crippen molar-refractivity contribution in [3.05, 3.63) is 57.3 Å². The third-order valence-corrected chi connectivity index (χ3v) is 4.77. The van der Waals surface area contributed by atoms with Crippen molar-refractivity contribution < 1.29 is 13.2 Å². The highest BCUT2D eigenvalue weighted by Gasteiger charge is 2.47. The molecular weight excluding hydrogens is 357 g/mol. The van der Waals surface area contributed by atoms with E-state index < -0.39 is 29.8 Å². The van der Waals surface area contributed by atoms with E-state index in [9.17, 15) is 18.0 Å². The number of halogens is 4. The van der Waals surface area contributed by atoms with Crippen molar-refractivity contribution in [3.63, 3.8) is 0 Å². The highest BCUT2D eigenvalue weighted by molar-refractivity contribution is 6.34. The molecule has 0 radical (unpaired) electrons. The molecule has 0 aliphatic heterocycles. The number of benzene rings is 1. The van der Waals surface area contributed by atoms with Crippen LogP contribution in [0.15, 0.2) is 35.3 Å². The zero-order valence-electron chi connectivity index (χ0n) is 12.7. The lowest BCUT2D eigenvalue weighted by molar-refractivity contribution is 0.115. The molecule has 1 aromatic carbocycles. The molecule has 0 unspecified atom stereocenters. The predicted octanol–water partition coefficient (Wildman–Crippen LogP) is 3.26. The maximum atomic E-state index is 13.8. The summed E-state index contributed by atoms with van der Waals surface area (Å²) in [5.74, 6) is -1.27. The summed E-state index contributed by atoms with van der Waals surface area (Å²) in [6.45, 7) is 0.0444. The first kappa shape index (κ1) is 16.1. The average molecular weight is 369 g/mol. The lowest BCUT2D eigenvalue weighted by atomic mass is 10.2. The third-order valence-electron chi connectivity index (χ3n) is 4.37. The Bertz CT molecular complexity index is 1020. The van der Waals surface area contributed by atoms with E-state index in [1.54, 1.807) is 18.2 Å². The number of alkyl halides is 2.